The Morgan fingerprint density at radius 2 is 1.79 bits per heavy atom. The lowest BCUT2D eigenvalue weighted by Crippen LogP contribution is -2.28. The fraction of sp³-hybridized carbons (Fsp3) is 0.625. The Morgan fingerprint density at radius 3 is 2.07 bits per heavy atom. The van der Waals surface area contributed by atoms with E-state index in [4.69, 9.17) is 0 Å². The van der Waals surface area contributed by atoms with Crippen molar-refractivity contribution in [3.8, 4) is 0 Å². The summed E-state index contributed by atoms with van der Waals surface area (Å²) in [5.74, 6) is 0. The van der Waals surface area contributed by atoms with E-state index < -0.39 is 17.4 Å². The second-order valence-electron chi connectivity index (χ2n) is 3.93. The third kappa shape index (κ3) is 2.40. The van der Waals surface area contributed by atoms with Gasteiger partial charge in [-0.05, 0) is 43.4 Å². The van der Waals surface area contributed by atoms with Gasteiger partial charge in [-0.25, -0.2) is 0 Å². The monoisotopic (exact) mass is 318 g/mol. The number of hydrogen-bond donors (Lipinski definition) is 0. The molecule has 0 fully saturated rings. The maximum absolute atomic E-state index is 12.5. The smallest absolute Gasteiger partial charge is 0.254 e. The van der Waals surface area contributed by atoms with Crippen LogP contribution in [0.1, 0.15) is 26.5 Å². The molecule has 1 rings (SSSR count). The van der Waals surface area contributed by atoms with E-state index >= 15 is 0 Å². The molecule has 0 amide bonds. The Hall–Kier alpha value is -0.270. The molecule has 2 nitrogen and oxygen atoms in total. The lowest BCUT2D eigenvalue weighted by Gasteiger charge is -2.23. The quantitative estimate of drug-likeness (QED) is 0.672. The number of alkyl halides is 3. The van der Waals surface area contributed by atoms with Gasteiger partial charge in [0.15, 0.2) is 0 Å². The van der Waals surface area contributed by atoms with Gasteiger partial charge in [-0.1, -0.05) is 0 Å². The zero-order valence-corrected chi connectivity index (χ0v) is 10.1. The second-order valence-corrected chi connectivity index (χ2v) is 5.04. The average molecular weight is 318 g/mol. The van der Waals surface area contributed by atoms with Crippen LogP contribution in [0, 0.1) is 3.70 Å². The minimum absolute atomic E-state index is 0.352. The number of halogens is 4. The number of nitrogens with zero attached hydrogens (tertiary/aromatic N) is 2. The molecule has 6 heteroatoms. The van der Waals surface area contributed by atoms with Crippen LogP contribution in [-0.2, 0) is 11.7 Å². The molecule has 0 saturated heterocycles. The van der Waals surface area contributed by atoms with E-state index in [1.165, 1.54) is 0 Å². The average Bonchev–Trinajstić information content (AvgIpc) is 2.27. The van der Waals surface area contributed by atoms with Crippen LogP contribution in [0.25, 0.3) is 0 Å². The van der Waals surface area contributed by atoms with Gasteiger partial charge in [-0.2, -0.15) is 18.3 Å². The fourth-order valence-electron chi connectivity index (χ4n) is 1.07. The van der Waals surface area contributed by atoms with Crippen LogP contribution in [0.5, 0.6) is 0 Å². The topological polar surface area (TPSA) is 17.8 Å². The summed E-state index contributed by atoms with van der Waals surface area (Å²) in [6.07, 6.45) is -4.34. The molecule has 0 atom stereocenters. The van der Waals surface area contributed by atoms with E-state index in [2.05, 4.69) is 5.10 Å². The molecular formula is C8H10F3IN2. The van der Waals surface area contributed by atoms with Crippen LogP contribution in [0.4, 0.5) is 13.2 Å². The minimum Gasteiger partial charge on any atom is -0.254 e. The standard InChI is InChI=1S/C8H10F3IN2/c1-7(2,3)14-5(8(9,10)11)4-6(12)13-14/h4H,1-3H3. The molecule has 0 aliphatic heterocycles. The summed E-state index contributed by atoms with van der Waals surface area (Å²) in [4.78, 5) is 0. The molecule has 0 aliphatic rings. The number of hydrogen-bond acceptors (Lipinski definition) is 1. The SMILES string of the molecule is CC(C)(C)n1nc(I)cc1C(F)(F)F. The molecule has 14 heavy (non-hydrogen) atoms. The van der Waals surface area contributed by atoms with Gasteiger partial charge in [-0.3, -0.25) is 4.68 Å². The van der Waals surface area contributed by atoms with Crippen molar-refractivity contribution in [2.45, 2.75) is 32.5 Å². The zero-order valence-electron chi connectivity index (χ0n) is 7.98. The van der Waals surface area contributed by atoms with Gasteiger partial charge in [0.1, 0.15) is 9.39 Å². The van der Waals surface area contributed by atoms with Crippen LogP contribution in [0.3, 0.4) is 0 Å². The molecule has 1 aromatic heterocycles. The molecular weight excluding hydrogens is 308 g/mol. The summed E-state index contributed by atoms with van der Waals surface area (Å²) in [5.41, 5.74) is -1.36. The van der Waals surface area contributed by atoms with Gasteiger partial charge in [0, 0.05) is 6.07 Å². The maximum Gasteiger partial charge on any atom is 0.433 e. The molecule has 0 saturated carbocycles. The molecule has 0 radical (unpaired) electrons. The van der Waals surface area contributed by atoms with Crippen molar-refractivity contribution in [2.75, 3.05) is 0 Å². The van der Waals surface area contributed by atoms with Crippen molar-refractivity contribution in [1.29, 1.82) is 0 Å². The van der Waals surface area contributed by atoms with Crippen molar-refractivity contribution in [3.63, 3.8) is 0 Å². The maximum atomic E-state index is 12.5. The normalized spacial score (nSPS) is 13.4. The van der Waals surface area contributed by atoms with Gasteiger partial charge in [0.25, 0.3) is 0 Å². The molecule has 0 N–H and O–H groups in total. The molecule has 1 aromatic rings. The van der Waals surface area contributed by atoms with E-state index in [1.54, 1.807) is 43.4 Å². The van der Waals surface area contributed by atoms with Crippen molar-refractivity contribution < 1.29 is 13.2 Å². The van der Waals surface area contributed by atoms with Gasteiger partial charge in [0.05, 0.1) is 5.54 Å². The van der Waals surface area contributed by atoms with E-state index in [1.807, 2.05) is 0 Å². The summed E-state index contributed by atoms with van der Waals surface area (Å²) in [6.45, 7) is 5.06. The molecule has 0 spiro atoms. The lowest BCUT2D eigenvalue weighted by atomic mass is 10.1. The highest BCUT2D eigenvalue weighted by molar-refractivity contribution is 14.1. The van der Waals surface area contributed by atoms with E-state index in [9.17, 15) is 13.2 Å². The van der Waals surface area contributed by atoms with E-state index in [0.29, 0.717) is 3.70 Å². The van der Waals surface area contributed by atoms with Gasteiger partial charge < -0.3 is 0 Å². The van der Waals surface area contributed by atoms with Crippen molar-refractivity contribution in [1.82, 2.24) is 9.78 Å². The van der Waals surface area contributed by atoms with E-state index in [0.717, 1.165) is 10.7 Å². The molecule has 80 valence electrons. The Kier molecular flexibility index (Phi) is 2.86. The first-order chi connectivity index (χ1) is 6.12. The van der Waals surface area contributed by atoms with Crippen molar-refractivity contribution >= 4 is 22.6 Å². The van der Waals surface area contributed by atoms with Gasteiger partial charge in [0.2, 0.25) is 0 Å². The number of rotatable bonds is 0. The van der Waals surface area contributed by atoms with Crippen LogP contribution < -0.4 is 0 Å². The minimum atomic E-state index is -4.34. The molecule has 0 aliphatic carbocycles. The van der Waals surface area contributed by atoms with Crippen molar-refractivity contribution in [2.24, 2.45) is 0 Å². The third-order valence-electron chi connectivity index (χ3n) is 1.61. The summed E-state index contributed by atoms with van der Waals surface area (Å²) >= 11 is 1.77. The van der Waals surface area contributed by atoms with Crippen LogP contribution in [0.2, 0.25) is 0 Å². The highest BCUT2D eigenvalue weighted by Gasteiger charge is 2.38. The van der Waals surface area contributed by atoms with Gasteiger partial charge in [-0.15, -0.1) is 0 Å². The highest BCUT2D eigenvalue weighted by atomic mass is 127. The fourth-order valence-corrected chi connectivity index (χ4v) is 1.58. The summed E-state index contributed by atoms with van der Waals surface area (Å²) in [6, 6.07) is 1.05. The first-order valence-electron chi connectivity index (χ1n) is 3.95. The second kappa shape index (κ2) is 3.39. The Balaban J connectivity index is 3.31. The van der Waals surface area contributed by atoms with Crippen LogP contribution >= 0.6 is 22.6 Å². The zero-order chi connectivity index (χ0) is 11.1. The Morgan fingerprint density at radius 1 is 1.29 bits per heavy atom. The lowest BCUT2D eigenvalue weighted by molar-refractivity contribution is -0.146. The predicted molar refractivity (Wildman–Crippen MR) is 54.9 cm³/mol. The van der Waals surface area contributed by atoms with E-state index in [-0.39, 0.29) is 0 Å². The summed E-state index contributed by atoms with van der Waals surface area (Å²) < 4.78 is 38.9. The predicted octanol–water partition coefficient (Wildman–Crippen LogP) is 3.26. The molecule has 0 aromatic carbocycles. The molecule has 0 bridgehead atoms. The molecule has 0 unspecified atom stereocenters. The van der Waals surface area contributed by atoms with Crippen LogP contribution in [0.15, 0.2) is 6.07 Å². The molecule has 1 heterocycles. The van der Waals surface area contributed by atoms with Gasteiger partial charge >= 0.3 is 6.18 Å². The Labute approximate surface area is 93.6 Å². The summed E-state index contributed by atoms with van der Waals surface area (Å²) in [7, 11) is 0. The summed E-state index contributed by atoms with van der Waals surface area (Å²) in [5, 5.41) is 3.83. The first-order valence-corrected chi connectivity index (χ1v) is 5.03. The Bertz CT molecular complexity index is 304. The largest absolute Gasteiger partial charge is 0.433 e. The highest BCUT2D eigenvalue weighted by Crippen LogP contribution is 2.33. The number of aromatic nitrogens is 2. The first kappa shape index (κ1) is 11.8. The van der Waals surface area contributed by atoms with Crippen molar-refractivity contribution in [3.05, 3.63) is 15.5 Å². The van der Waals surface area contributed by atoms with Crippen LogP contribution in [-0.4, -0.2) is 9.78 Å². The third-order valence-corrected chi connectivity index (χ3v) is 2.13.